The number of fused-ring (bicyclic) bond motifs is 1. The summed E-state index contributed by atoms with van der Waals surface area (Å²) in [5.74, 6) is 1.72. The first-order chi connectivity index (χ1) is 10.3. The molecular weight excluding hydrogens is 334 g/mol. The molecule has 0 spiro atoms. The molecule has 1 aliphatic carbocycles. The molecule has 7 heteroatoms. The van der Waals surface area contributed by atoms with Gasteiger partial charge >= 0.3 is 0 Å². The van der Waals surface area contributed by atoms with Gasteiger partial charge in [0.2, 0.25) is 11.7 Å². The van der Waals surface area contributed by atoms with Crippen molar-refractivity contribution >= 4 is 15.9 Å². The second kappa shape index (κ2) is 5.49. The van der Waals surface area contributed by atoms with E-state index >= 15 is 0 Å². The summed E-state index contributed by atoms with van der Waals surface area (Å²) in [7, 11) is 0. The van der Waals surface area contributed by atoms with Gasteiger partial charge in [-0.3, -0.25) is 0 Å². The third-order valence-electron chi connectivity index (χ3n) is 4.27. The molecule has 21 heavy (non-hydrogen) atoms. The molecule has 110 valence electrons. The van der Waals surface area contributed by atoms with E-state index in [1.54, 1.807) is 0 Å². The molecule has 3 N–H and O–H groups in total. The Kier molecular flexibility index (Phi) is 3.50. The lowest BCUT2D eigenvalue weighted by atomic mass is 9.83. The molecule has 2 fully saturated rings. The van der Waals surface area contributed by atoms with Crippen LogP contribution in [0.2, 0.25) is 0 Å². The Labute approximate surface area is 130 Å². The van der Waals surface area contributed by atoms with Crippen LogP contribution >= 0.6 is 15.9 Å². The Bertz CT molecular complexity index is 646. The van der Waals surface area contributed by atoms with Crippen LogP contribution in [-0.2, 0) is 0 Å². The Morgan fingerprint density at radius 3 is 2.90 bits per heavy atom. The fourth-order valence-corrected chi connectivity index (χ4v) is 3.57. The highest BCUT2D eigenvalue weighted by Crippen LogP contribution is 2.34. The minimum atomic E-state index is 0.323. The summed E-state index contributed by atoms with van der Waals surface area (Å²) in [6, 6.07) is 8.83. The molecule has 1 aromatic heterocycles. The maximum atomic E-state index is 5.51. The van der Waals surface area contributed by atoms with Crippen molar-refractivity contribution in [2.75, 3.05) is 0 Å². The van der Waals surface area contributed by atoms with Gasteiger partial charge in [-0.05, 0) is 31.4 Å². The van der Waals surface area contributed by atoms with Crippen LogP contribution < -0.4 is 16.4 Å². The van der Waals surface area contributed by atoms with Crippen LogP contribution in [0.3, 0.4) is 0 Å². The summed E-state index contributed by atoms with van der Waals surface area (Å²) < 4.78 is 6.49. The molecule has 1 aromatic carbocycles. The van der Waals surface area contributed by atoms with Crippen LogP contribution in [-0.4, -0.2) is 22.2 Å². The molecule has 2 aliphatic rings. The Hall–Kier alpha value is -1.28. The van der Waals surface area contributed by atoms with E-state index in [9.17, 15) is 0 Å². The third kappa shape index (κ3) is 2.50. The van der Waals surface area contributed by atoms with Gasteiger partial charge < -0.3 is 4.52 Å². The minimum absolute atomic E-state index is 0.323. The highest BCUT2D eigenvalue weighted by atomic mass is 79.9. The molecule has 0 radical (unpaired) electrons. The first-order valence-electron chi connectivity index (χ1n) is 7.16. The summed E-state index contributed by atoms with van der Waals surface area (Å²) in [5.41, 5.74) is 10.4. The number of aromatic nitrogens is 2. The lowest BCUT2D eigenvalue weighted by molar-refractivity contribution is 0.276. The number of hydrogen-bond donors (Lipinski definition) is 3. The first kappa shape index (κ1) is 13.4. The number of nitrogens with zero attached hydrogens (tertiary/aromatic N) is 2. The largest absolute Gasteiger partial charge is 0.339 e. The summed E-state index contributed by atoms with van der Waals surface area (Å²) in [6.45, 7) is 0. The van der Waals surface area contributed by atoms with Crippen LogP contribution in [0.4, 0.5) is 0 Å². The number of rotatable bonds is 2. The minimum Gasteiger partial charge on any atom is -0.339 e. The van der Waals surface area contributed by atoms with Gasteiger partial charge in [-0.2, -0.15) is 10.5 Å². The number of nitrogens with one attached hydrogen (secondary N) is 3. The molecule has 3 atom stereocenters. The summed E-state index contributed by atoms with van der Waals surface area (Å²) in [4.78, 5) is 4.60. The number of hydrazine groups is 2. The molecular formula is C14H16BrN5O. The van der Waals surface area contributed by atoms with Gasteiger partial charge in [0.1, 0.15) is 0 Å². The molecule has 3 unspecified atom stereocenters. The van der Waals surface area contributed by atoms with E-state index in [0.717, 1.165) is 35.2 Å². The van der Waals surface area contributed by atoms with Gasteiger partial charge in [0.25, 0.3) is 0 Å². The maximum absolute atomic E-state index is 5.51. The van der Waals surface area contributed by atoms with Crippen molar-refractivity contribution in [1.29, 1.82) is 0 Å². The Morgan fingerprint density at radius 1 is 1.14 bits per heavy atom. The van der Waals surface area contributed by atoms with Crippen molar-refractivity contribution in [3.63, 3.8) is 0 Å². The van der Waals surface area contributed by atoms with E-state index < -0.39 is 0 Å². The molecule has 6 nitrogen and oxygen atoms in total. The second-order valence-electron chi connectivity index (χ2n) is 5.57. The molecule has 1 saturated heterocycles. The van der Waals surface area contributed by atoms with Gasteiger partial charge in [-0.1, -0.05) is 33.2 Å². The lowest BCUT2D eigenvalue weighted by Gasteiger charge is -2.27. The van der Waals surface area contributed by atoms with E-state index in [2.05, 4.69) is 42.5 Å². The predicted molar refractivity (Wildman–Crippen MR) is 81.0 cm³/mol. The average Bonchev–Trinajstić information content (AvgIpc) is 3.16. The molecule has 0 amide bonds. The molecule has 1 aliphatic heterocycles. The average molecular weight is 350 g/mol. The zero-order valence-corrected chi connectivity index (χ0v) is 12.9. The van der Waals surface area contributed by atoms with Gasteiger partial charge in [-0.15, -0.1) is 0 Å². The van der Waals surface area contributed by atoms with Crippen LogP contribution in [0.25, 0.3) is 11.4 Å². The normalized spacial score (nSPS) is 28.5. The van der Waals surface area contributed by atoms with Gasteiger partial charge in [-0.25, -0.2) is 10.9 Å². The smallest absolute Gasteiger partial charge is 0.230 e. The zero-order valence-electron chi connectivity index (χ0n) is 11.3. The van der Waals surface area contributed by atoms with E-state index in [1.165, 1.54) is 0 Å². The standard InChI is InChI=1S/C14H16BrN5O/c15-10-4-2-1-3-9(10)13-16-14(21-19-13)8-5-6-11-12(7-8)18-20-17-11/h1-4,8,11-12,17-18,20H,5-7H2. The fraction of sp³-hybridized carbons (Fsp3) is 0.429. The molecule has 4 rings (SSSR count). The quantitative estimate of drug-likeness (QED) is 0.771. The van der Waals surface area contributed by atoms with Crippen LogP contribution in [0.15, 0.2) is 33.3 Å². The highest BCUT2D eigenvalue weighted by molar-refractivity contribution is 9.10. The van der Waals surface area contributed by atoms with E-state index in [0.29, 0.717) is 23.8 Å². The lowest BCUT2D eigenvalue weighted by Crippen LogP contribution is -2.38. The summed E-state index contributed by atoms with van der Waals surface area (Å²) in [6.07, 6.45) is 3.17. The van der Waals surface area contributed by atoms with Crippen molar-refractivity contribution in [2.24, 2.45) is 0 Å². The Balaban J connectivity index is 1.56. The Morgan fingerprint density at radius 2 is 2.00 bits per heavy atom. The summed E-state index contributed by atoms with van der Waals surface area (Å²) in [5, 5.41) is 4.14. The maximum Gasteiger partial charge on any atom is 0.230 e. The predicted octanol–water partition coefficient (Wildman–Crippen LogP) is 2.12. The van der Waals surface area contributed by atoms with E-state index in [4.69, 9.17) is 4.52 Å². The van der Waals surface area contributed by atoms with Crippen LogP contribution in [0.1, 0.15) is 31.1 Å². The fourth-order valence-electron chi connectivity index (χ4n) is 3.11. The molecule has 0 bridgehead atoms. The number of benzene rings is 1. The molecule has 2 heterocycles. The second-order valence-corrected chi connectivity index (χ2v) is 6.43. The summed E-state index contributed by atoms with van der Waals surface area (Å²) >= 11 is 3.53. The van der Waals surface area contributed by atoms with Crippen molar-refractivity contribution in [1.82, 2.24) is 26.5 Å². The topological polar surface area (TPSA) is 75.0 Å². The zero-order chi connectivity index (χ0) is 14.2. The third-order valence-corrected chi connectivity index (χ3v) is 4.96. The monoisotopic (exact) mass is 349 g/mol. The van der Waals surface area contributed by atoms with Gasteiger partial charge in [0.15, 0.2) is 0 Å². The van der Waals surface area contributed by atoms with Gasteiger partial charge in [0.05, 0.1) is 0 Å². The highest BCUT2D eigenvalue weighted by Gasteiger charge is 2.36. The van der Waals surface area contributed by atoms with Crippen LogP contribution in [0, 0.1) is 0 Å². The SMILES string of the molecule is Brc1ccccc1-c1noc(C2CCC3NNNC3C2)n1. The van der Waals surface area contributed by atoms with Crippen molar-refractivity contribution in [2.45, 2.75) is 37.3 Å². The van der Waals surface area contributed by atoms with Crippen LogP contribution in [0.5, 0.6) is 0 Å². The van der Waals surface area contributed by atoms with E-state index in [-0.39, 0.29) is 0 Å². The molecule has 2 aromatic rings. The molecule has 1 saturated carbocycles. The van der Waals surface area contributed by atoms with Crippen molar-refractivity contribution < 1.29 is 4.52 Å². The number of hydrogen-bond acceptors (Lipinski definition) is 6. The van der Waals surface area contributed by atoms with E-state index in [1.807, 2.05) is 24.3 Å². The van der Waals surface area contributed by atoms with Crippen molar-refractivity contribution in [3.05, 3.63) is 34.6 Å². The van der Waals surface area contributed by atoms with Crippen molar-refractivity contribution in [3.8, 4) is 11.4 Å². The number of halogens is 1. The van der Waals surface area contributed by atoms with Gasteiger partial charge in [0, 0.05) is 28.0 Å². The first-order valence-corrected chi connectivity index (χ1v) is 7.95.